The zero-order chi connectivity index (χ0) is 15.4. The van der Waals surface area contributed by atoms with Crippen LogP contribution >= 0.6 is 0 Å². The summed E-state index contributed by atoms with van der Waals surface area (Å²) in [4.78, 5) is 14.9. The van der Waals surface area contributed by atoms with Crippen molar-refractivity contribution in [3.05, 3.63) is 48.0 Å². The van der Waals surface area contributed by atoms with Crippen LogP contribution in [0.2, 0.25) is 0 Å². The molecule has 3 heteroatoms. The summed E-state index contributed by atoms with van der Waals surface area (Å²) in [5.41, 5.74) is 1.13. The van der Waals surface area contributed by atoms with E-state index in [1.807, 2.05) is 18.2 Å². The molecule has 116 valence electrons. The highest BCUT2D eigenvalue weighted by molar-refractivity contribution is 5.90. The molecule has 1 N–H and O–H groups in total. The summed E-state index contributed by atoms with van der Waals surface area (Å²) in [5, 5.41) is 5.77. The number of hydrogen-bond donors (Lipinski definition) is 1. The zero-order valence-corrected chi connectivity index (χ0v) is 13.2. The van der Waals surface area contributed by atoms with Gasteiger partial charge in [0.25, 0.3) is 0 Å². The molecule has 1 saturated heterocycles. The Morgan fingerprint density at radius 1 is 1.23 bits per heavy atom. The van der Waals surface area contributed by atoms with Gasteiger partial charge in [-0.05, 0) is 35.7 Å². The molecule has 0 aliphatic carbocycles. The Kier molecular flexibility index (Phi) is 4.74. The summed E-state index contributed by atoms with van der Waals surface area (Å²) in [6.07, 6.45) is 2.58. The first-order valence-electron chi connectivity index (χ1n) is 8.26. The maximum atomic E-state index is 12.8. The molecule has 3 nitrogen and oxygen atoms in total. The number of nitrogens with one attached hydrogen (secondary N) is 1. The predicted octanol–water partition coefficient (Wildman–Crippen LogP) is 2.98. The molecule has 1 amide bonds. The van der Waals surface area contributed by atoms with Gasteiger partial charge in [0.15, 0.2) is 0 Å². The third-order valence-corrected chi connectivity index (χ3v) is 4.48. The fourth-order valence-corrected chi connectivity index (χ4v) is 3.37. The molecule has 2 aromatic rings. The van der Waals surface area contributed by atoms with E-state index < -0.39 is 0 Å². The highest BCUT2D eigenvalue weighted by Gasteiger charge is 2.25. The maximum Gasteiger partial charge on any atom is 0.227 e. The van der Waals surface area contributed by atoms with Gasteiger partial charge in [0.05, 0.1) is 6.42 Å². The van der Waals surface area contributed by atoms with E-state index in [0.29, 0.717) is 12.5 Å². The Morgan fingerprint density at radius 3 is 2.82 bits per heavy atom. The van der Waals surface area contributed by atoms with Gasteiger partial charge in [-0.2, -0.15) is 0 Å². The molecule has 0 radical (unpaired) electrons. The quantitative estimate of drug-likeness (QED) is 0.920. The molecule has 1 fully saturated rings. The molecule has 3 rings (SSSR count). The summed E-state index contributed by atoms with van der Waals surface area (Å²) in [5.74, 6) is 0.256. The Labute approximate surface area is 132 Å². The SMILES string of the molecule is CCCN(C(=O)Cc1cccc2ccccc12)C1CCNC1. The first-order valence-corrected chi connectivity index (χ1v) is 8.26. The molecule has 1 heterocycles. The van der Waals surface area contributed by atoms with E-state index in [2.05, 4.69) is 41.4 Å². The van der Waals surface area contributed by atoms with E-state index in [0.717, 1.165) is 38.0 Å². The number of hydrogen-bond acceptors (Lipinski definition) is 2. The van der Waals surface area contributed by atoms with Crippen molar-refractivity contribution in [1.82, 2.24) is 10.2 Å². The van der Waals surface area contributed by atoms with Gasteiger partial charge in [0.2, 0.25) is 5.91 Å². The van der Waals surface area contributed by atoms with Crippen LogP contribution in [0.15, 0.2) is 42.5 Å². The second kappa shape index (κ2) is 6.93. The Hall–Kier alpha value is -1.87. The van der Waals surface area contributed by atoms with Crippen molar-refractivity contribution in [3.63, 3.8) is 0 Å². The van der Waals surface area contributed by atoms with Gasteiger partial charge in [-0.25, -0.2) is 0 Å². The lowest BCUT2D eigenvalue weighted by Gasteiger charge is -2.28. The van der Waals surface area contributed by atoms with E-state index in [-0.39, 0.29) is 5.91 Å². The molecule has 0 aromatic heterocycles. The molecule has 1 aliphatic heterocycles. The lowest BCUT2D eigenvalue weighted by Crippen LogP contribution is -2.42. The van der Waals surface area contributed by atoms with Gasteiger partial charge in [0.1, 0.15) is 0 Å². The summed E-state index contributed by atoms with van der Waals surface area (Å²) < 4.78 is 0. The molecular formula is C19H24N2O. The van der Waals surface area contributed by atoms with Crippen molar-refractivity contribution in [2.24, 2.45) is 0 Å². The molecule has 22 heavy (non-hydrogen) atoms. The number of nitrogens with zero attached hydrogens (tertiary/aromatic N) is 1. The summed E-state index contributed by atoms with van der Waals surface area (Å²) >= 11 is 0. The van der Waals surface area contributed by atoms with Crippen molar-refractivity contribution >= 4 is 16.7 Å². The largest absolute Gasteiger partial charge is 0.338 e. The maximum absolute atomic E-state index is 12.8. The van der Waals surface area contributed by atoms with Gasteiger partial charge in [-0.1, -0.05) is 49.4 Å². The first-order chi connectivity index (χ1) is 10.8. The topological polar surface area (TPSA) is 32.3 Å². The molecule has 0 saturated carbocycles. The second-order valence-electron chi connectivity index (χ2n) is 6.05. The van der Waals surface area contributed by atoms with Gasteiger partial charge in [-0.3, -0.25) is 4.79 Å². The average molecular weight is 296 g/mol. The third kappa shape index (κ3) is 3.14. The monoisotopic (exact) mass is 296 g/mol. The fraction of sp³-hybridized carbons (Fsp3) is 0.421. The van der Waals surface area contributed by atoms with E-state index in [4.69, 9.17) is 0 Å². The molecule has 1 unspecified atom stereocenters. The average Bonchev–Trinajstić information content (AvgIpc) is 3.07. The van der Waals surface area contributed by atoms with Crippen LogP contribution in [0.4, 0.5) is 0 Å². The highest BCUT2D eigenvalue weighted by Crippen LogP contribution is 2.20. The molecule has 0 spiro atoms. The molecule has 1 atom stereocenters. The number of amides is 1. The van der Waals surface area contributed by atoms with Crippen molar-refractivity contribution in [3.8, 4) is 0 Å². The smallest absolute Gasteiger partial charge is 0.227 e. The minimum Gasteiger partial charge on any atom is -0.338 e. The van der Waals surface area contributed by atoms with Gasteiger partial charge >= 0.3 is 0 Å². The van der Waals surface area contributed by atoms with Crippen LogP contribution < -0.4 is 5.32 Å². The fourth-order valence-electron chi connectivity index (χ4n) is 3.37. The van der Waals surface area contributed by atoms with Crippen LogP contribution in [0.25, 0.3) is 10.8 Å². The van der Waals surface area contributed by atoms with Crippen LogP contribution in [-0.4, -0.2) is 36.5 Å². The minimum absolute atomic E-state index is 0.256. The second-order valence-corrected chi connectivity index (χ2v) is 6.05. The van der Waals surface area contributed by atoms with E-state index in [1.54, 1.807) is 0 Å². The Balaban J connectivity index is 1.81. The van der Waals surface area contributed by atoms with E-state index in [1.165, 1.54) is 10.8 Å². The van der Waals surface area contributed by atoms with Crippen LogP contribution in [0, 0.1) is 0 Å². The number of fused-ring (bicyclic) bond motifs is 1. The normalized spacial score (nSPS) is 17.8. The van der Waals surface area contributed by atoms with Crippen LogP contribution in [0.5, 0.6) is 0 Å². The molecule has 1 aliphatic rings. The minimum atomic E-state index is 0.256. The van der Waals surface area contributed by atoms with Gasteiger partial charge in [-0.15, -0.1) is 0 Å². The highest BCUT2D eigenvalue weighted by atomic mass is 16.2. The molecule has 0 bridgehead atoms. The lowest BCUT2D eigenvalue weighted by atomic mass is 10.0. The van der Waals surface area contributed by atoms with Crippen LogP contribution in [-0.2, 0) is 11.2 Å². The summed E-state index contributed by atoms with van der Waals surface area (Å²) in [6.45, 7) is 4.95. The Bertz CT molecular complexity index is 641. The summed E-state index contributed by atoms with van der Waals surface area (Å²) in [7, 11) is 0. The number of carbonyl (C=O) groups excluding carboxylic acids is 1. The predicted molar refractivity (Wildman–Crippen MR) is 90.9 cm³/mol. The zero-order valence-electron chi connectivity index (χ0n) is 13.2. The first kappa shape index (κ1) is 15.0. The number of carbonyl (C=O) groups is 1. The van der Waals surface area contributed by atoms with Gasteiger partial charge < -0.3 is 10.2 Å². The third-order valence-electron chi connectivity index (χ3n) is 4.48. The number of rotatable bonds is 5. The Morgan fingerprint density at radius 2 is 2.05 bits per heavy atom. The van der Waals surface area contributed by atoms with Crippen LogP contribution in [0.1, 0.15) is 25.3 Å². The van der Waals surface area contributed by atoms with Crippen molar-refractivity contribution in [1.29, 1.82) is 0 Å². The standard InChI is InChI=1S/C19H24N2O/c1-2-12-21(17-10-11-20-14-17)19(22)13-16-8-5-7-15-6-3-4-9-18(15)16/h3-9,17,20H,2,10-14H2,1H3. The summed E-state index contributed by atoms with van der Waals surface area (Å²) in [6, 6.07) is 14.9. The van der Waals surface area contributed by atoms with Gasteiger partial charge in [0, 0.05) is 19.1 Å². The molecule has 2 aromatic carbocycles. The van der Waals surface area contributed by atoms with Crippen molar-refractivity contribution in [2.45, 2.75) is 32.2 Å². The molecular weight excluding hydrogens is 272 g/mol. The number of benzene rings is 2. The van der Waals surface area contributed by atoms with E-state index in [9.17, 15) is 4.79 Å². The van der Waals surface area contributed by atoms with Crippen molar-refractivity contribution < 1.29 is 4.79 Å². The van der Waals surface area contributed by atoms with E-state index >= 15 is 0 Å². The van der Waals surface area contributed by atoms with Crippen LogP contribution in [0.3, 0.4) is 0 Å². The van der Waals surface area contributed by atoms with Crippen molar-refractivity contribution in [2.75, 3.05) is 19.6 Å². The lowest BCUT2D eigenvalue weighted by molar-refractivity contribution is -0.132.